The third-order valence-electron chi connectivity index (χ3n) is 6.39. The largest absolute Gasteiger partial charge is 0.260 e. The van der Waals surface area contributed by atoms with E-state index in [-0.39, 0.29) is 0 Å². The highest BCUT2D eigenvalue weighted by atomic mass is 32.2. The Morgan fingerprint density at radius 1 is 0.970 bits per heavy atom. The third-order valence-corrected chi connectivity index (χ3v) is 7.52. The molecule has 0 N–H and O–H groups in total. The summed E-state index contributed by atoms with van der Waals surface area (Å²) in [6.07, 6.45) is 7.42. The van der Waals surface area contributed by atoms with E-state index in [0.29, 0.717) is 10.9 Å². The van der Waals surface area contributed by atoms with E-state index in [4.69, 9.17) is 10.1 Å². The van der Waals surface area contributed by atoms with Crippen molar-refractivity contribution in [2.24, 2.45) is 0 Å². The maximum absolute atomic E-state index is 11.8. The molecule has 1 aliphatic carbocycles. The van der Waals surface area contributed by atoms with Crippen molar-refractivity contribution in [3.05, 3.63) is 77.8 Å². The van der Waals surface area contributed by atoms with Gasteiger partial charge >= 0.3 is 0 Å². The molecule has 0 radical (unpaired) electrons. The van der Waals surface area contributed by atoms with Crippen LogP contribution in [-0.2, 0) is 9.84 Å². The summed E-state index contributed by atoms with van der Waals surface area (Å²) in [5, 5.41) is 5.02. The zero-order valence-corrected chi connectivity index (χ0v) is 19.2. The van der Waals surface area contributed by atoms with Gasteiger partial charge in [-0.2, -0.15) is 5.10 Å². The summed E-state index contributed by atoms with van der Waals surface area (Å²) in [6, 6.07) is 17.3. The first-order chi connectivity index (χ1) is 15.9. The van der Waals surface area contributed by atoms with Gasteiger partial charge in [0.05, 0.1) is 28.0 Å². The fourth-order valence-electron chi connectivity index (χ4n) is 4.65. The minimum atomic E-state index is -3.24. The highest BCUT2D eigenvalue weighted by Crippen LogP contribution is 2.48. The second kappa shape index (κ2) is 7.22. The second-order valence-electron chi connectivity index (χ2n) is 8.81. The van der Waals surface area contributed by atoms with E-state index >= 15 is 0 Å². The highest BCUT2D eigenvalue weighted by Gasteiger charge is 2.35. The predicted octanol–water partition coefficient (Wildman–Crippen LogP) is 5.12. The maximum Gasteiger partial charge on any atom is 0.175 e. The van der Waals surface area contributed by atoms with Crippen LogP contribution in [-0.4, -0.2) is 34.4 Å². The SMILES string of the molecule is Cc1cccc(-c2nn3c(c2-c2ccnc(-c4ccc(S(C)(=O)=O)cc4)c2)C=C2CC3C2)n1. The van der Waals surface area contributed by atoms with Crippen LogP contribution in [0.4, 0.5) is 0 Å². The fourth-order valence-corrected chi connectivity index (χ4v) is 5.28. The Kier molecular flexibility index (Phi) is 4.39. The molecule has 3 aromatic heterocycles. The van der Waals surface area contributed by atoms with Crippen LogP contribution >= 0.6 is 0 Å². The summed E-state index contributed by atoms with van der Waals surface area (Å²) in [5.74, 6) is 0. The van der Waals surface area contributed by atoms with Crippen molar-refractivity contribution < 1.29 is 8.42 Å². The van der Waals surface area contributed by atoms with Crippen LogP contribution < -0.4 is 0 Å². The van der Waals surface area contributed by atoms with Crippen LogP contribution in [0.25, 0.3) is 39.8 Å². The molecular formula is C26H22N4O2S. The van der Waals surface area contributed by atoms with Crippen molar-refractivity contribution in [3.63, 3.8) is 0 Å². The van der Waals surface area contributed by atoms with Gasteiger partial charge in [-0.25, -0.2) is 8.42 Å². The number of benzene rings is 1. The summed E-state index contributed by atoms with van der Waals surface area (Å²) >= 11 is 0. The molecule has 1 fully saturated rings. The summed E-state index contributed by atoms with van der Waals surface area (Å²) in [7, 11) is -3.24. The van der Waals surface area contributed by atoms with E-state index in [1.54, 1.807) is 30.5 Å². The van der Waals surface area contributed by atoms with E-state index in [9.17, 15) is 8.42 Å². The Hall–Kier alpha value is -3.58. The quantitative estimate of drug-likeness (QED) is 0.428. The molecule has 5 heterocycles. The summed E-state index contributed by atoms with van der Waals surface area (Å²) in [6.45, 7) is 1.99. The predicted molar refractivity (Wildman–Crippen MR) is 128 cm³/mol. The molecule has 3 aliphatic rings. The molecule has 7 heteroatoms. The van der Waals surface area contributed by atoms with Gasteiger partial charge in [-0.3, -0.25) is 14.6 Å². The lowest BCUT2D eigenvalue weighted by atomic mass is 9.82. The smallest absolute Gasteiger partial charge is 0.175 e. The molecule has 2 aliphatic heterocycles. The molecule has 0 unspecified atom stereocenters. The second-order valence-corrected chi connectivity index (χ2v) is 10.8. The van der Waals surface area contributed by atoms with Gasteiger partial charge in [-0.15, -0.1) is 0 Å². The maximum atomic E-state index is 11.8. The van der Waals surface area contributed by atoms with Crippen LogP contribution in [0.15, 0.2) is 71.3 Å². The van der Waals surface area contributed by atoms with Gasteiger partial charge < -0.3 is 0 Å². The molecular weight excluding hydrogens is 432 g/mol. The lowest BCUT2D eigenvalue weighted by Crippen LogP contribution is -2.25. The summed E-state index contributed by atoms with van der Waals surface area (Å²) in [4.78, 5) is 9.61. The van der Waals surface area contributed by atoms with Crippen molar-refractivity contribution >= 4 is 15.9 Å². The monoisotopic (exact) mass is 454 g/mol. The highest BCUT2D eigenvalue weighted by molar-refractivity contribution is 7.90. The number of sulfone groups is 1. The Morgan fingerprint density at radius 2 is 1.76 bits per heavy atom. The number of allylic oxidation sites excluding steroid dienone is 1. The molecule has 2 bridgehead atoms. The number of hydrogen-bond acceptors (Lipinski definition) is 5. The number of hydrogen-bond donors (Lipinski definition) is 0. The Balaban J connectivity index is 1.50. The van der Waals surface area contributed by atoms with Crippen molar-refractivity contribution in [1.82, 2.24) is 19.7 Å². The molecule has 0 atom stereocenters. The van der Waals surface area contributed by atoms with E-state index in [2.05, 4.69) is 15.7 Å². The van der Waals surface area contributed by atoms with Gasteiger partial charge in [0.2, 0.25) is 0 Å². The molecule has 7 rings (SSSR count). The van der Waals surface area contributed by atoms with Crippen LogP contribution in [0.5, 0.6) is 0 Å². The lowest BCUT2D eigenvalue weighted by Gasteiger charge is -2.35. The molecule has 33 heavy (non-hydrogen) atoms. The molecule has 6 nitrogen and oxygen atoms in total. The molecule has 0 spiro atoms. The van der Waals surface area contributed by atoms with E-state index in [1.165, 1.54) is 11.8 Å². The number of pyridine rings is 2. The lowest BCUT2D eigenvalue weighted by molar-refractivity contribution is 0.360. The van der Waals surface area contributed by atoms with Crippen molar-refractivity contribution in [1.29, 1.82) is 0 Å². The van der Waals surface area contributed by atoms with Crippen molar-refractivity contribution in [3.8, 4) is 33.8 Å². The zero-order valence-electron chi connectivity index (χ0n) is 18.4. The molecule has 1 aromatic carbocycles. The van der Waals surface area contributed by atoms with Crippen LogP contribution in [0.2, 0.25) is 0 Å². The molecule has 0 amide bonds. The normalized spacial score (nSPS) is 15.0. The first-order valence-electron chi connectivity index (χ1n) is 10.9. The van der Waals surface area contributed by atoms with Crippen molar-refractivity contribution in [2.45, 2.75) is 30.7 Å². The Labute approximate surface area is 192 Å². The Bertz CT molecular complexity index is 1540. The van der Waals surface area contributed by atoms with Crippen LogP contribution in [0, 0.1) is 6.92 Å². The summed E-state index contributed by atoms with van der Waals surface area (Å²) in [5.41, 5.74) is 9.00. The van der Waals surface area contributed by atoms with E-state index in [1.807, 2.05) is 37.3 Å². The van der Waals surface area contributed by atoms with Crippen LogP contribution in [0.1, 0.15) is 30.3 Å². The van der Waals surface area contributed by atoms with Gasteiger partial charge in [-0.1, -0.05) is 23.8 Å². The van der Waals surface area contributed by atoms with Gasteiger partial charge in [0.15, 0.2) is 9.84 Å². The van der Waals surface area contributed by atoms with E-state index in [0.717, 1.165) is 58.0 Å². The standard InChI is InChI=1S/C26H22N4O2S/c1-16-4-3-5-22(28-16)26-25(24-14-17-12-20(13-17)30(24)29-26)19-10-11-27-23(15-19)18-6-8-21(9-7-18)33(2,31)32/h3-11,14-15,20H,12-13H2,1-2H3. The van der Waals surface area contributed by atoms with Gasteiger partial charge in [0, 0.05) is 29.3 Å². The van der Waals surface area contributed by atoms with Gasteiger partial charge in [0.1, 0.15) is 5.69 Å². The number of nitrogens with zero attached hydrogens (tertiary/aromatic N) is 4. The minimum Gasteiger partial charge on any atom is -0.260 e. The number of aryl methyl sites for hydroxylation is 1. The first-order valence-corrected chi connectivity index (χ1v) is 12.8. The fraction of sp³-hybridized carbons (Fsp3) is 0.192. The molecule has 1 saturated carbocycles. The number of aromatic nitrogens is 4. The topological polar surface area (TPSA) is 77.7 Å². The number of rotatable bonds is 4. The van der Waals surface area contributed by atoms with Gasteiger partial charge in [-0.05, 0) is 67.8 Å². The average Bonchev–Trinajstić information content (AvgIpc) is 3.18. The first kappa shape index (κ1) is 20.1. The molecule has 164 valence electrons. The molecule has 4 aromatic rings. The Morgan fingerprint density at radius 3 is 2.48 bits per heavy atom. The summed E-state index contributed by atoms with van der Waals surface area (Å²) < 4.78 is 25.8. The van der Waals surface area contributed by atoms with E-state index < -0.39 is 9.84 Å². The van der Waals surface area contributed by atoms with Gasteiger partial charge in [0.25, 0.3) is 0 Å². The average molecular weight is 455 g/mol. The van der Waals surface area contributed by atoms with Crippen molar-refractivity contribution in [2.75, 3.05) is 6.26 Å². The zero-order chi connectivity index (χ0) is 22.7. The minimum absolute atomic E-state index is 0.298. The van der Waals surface area contributed by atoms with Crippen LogP contribution in [0.3, 0.4) is 0 Å². The third kappa shape index (κ3) is 3.40. The molecule has 0 saturated heterocycles.